The van der Waals surface area contributed by atoms with E-state index in [1.165, 1.54) is 10.9 Å². The van der Waals surface area contributed by atoms with Gasteiger partial charge in [0, 0.05) is 19.0 Å². The molecule has 0 saturated carbocycles. The van der Waals surface area contributed by atoms with Crippen LogP contribution in [0, 0.1) is 5.92 Å². The number of nitrogens with zero attached hydrogens (tertiary/aromatic N) is 3. The molecule has 1 saturated heterocycles. The van der Waals surface area contributed by atoms with Crippen molar-refractivity contribution in [3.05, 3.63) is 40.9 Å². The highest BCUT2D eigenvalue weighted by Crippen LogP contribution is 2.14. The number of benzene rings is 1. The maximum absolute atomic E-state index is 12.7. The van der Waals surface area contributed by atoms with Gasteiger partial charge in [0.25, 0.3) is 5.56 Å². The molecule has 2 N–H and O–H groups in total. The van der Waals surface area contributed by atoms with Gasteiger partial charge in [-0.1, -0.05) is 26.0 Å². The first-order chi connectivity index (χ1) is 13.4. The Labute approximate surface area is 163 Å². The fourth-order valence-electron chi connectivity index (χ4n) is 3.32. The van der Waals surface area contributed by atoms with Crippen molar-refractivity contribution in [1.29, 1.82) is 0 Å². The number of hydrogen-bond acceptors (Lipinski definition) is 5. The third-order valence-corrected chi connectivity index (χ3v) is 5.11. The van der Waals surface area contributed by atoms with Crippen molar-refractivity contribution in [1.82, 2.24) is 19.8 Å². The van der Waals surface area contributed by atoms with Crippen LogP contribution in [0.25, 0.3) is 10.9 Å². The van der Waals surface area contributed by atoms with Crippen LogP contribution >= 0.6 is 0 Å². The molecule has 1 aromatic heterocycles. The van der Waals surface area contributed by atoms with Crippen LogP contribution in [0.5, 0.6) is 0 Å². The molecular weight excluding hydrogens is 360 g/mol. The summed E-state index contributed by atoms with van der Waals surface area (Å²) in [6.07, 6.45) is 1.53. The highest BCUT2D eigenvalue weighted by atomic mass is 16.3. The van der Waals surface area contributed by atoms with Crippen LogP contribution in [0.1, 0.15) is 26.7 Å². The Hall–Kier alpha value is -2.74. The molecule has 1 aliphatic rings. The van der Waals surface area contributed by atoms with Crippen LogP contribution in [0.3, 0.4) is 0 Å². The van der Waals surface area contributed by atoms with Crippen LogP contribution in [0.4, 0.5) is 0 Å². The smallest absolute Gasteiger partial charge is 0.261 e. The molecule has 2 atom stereocenters. The number of aliphatic hydroxyl groups excluding tert-OH is 1. The third kappa shape index (κ3) is 4.39. The molecule has 2 aromatic rings. The van der Waals surface area contributed by atoms with Crippen molar-refractivity contribution in [2.45, 2.75) is 45.4 Å². The molecule has 3 rings (SSSR count). The van der Waals surface area contributed by atoms with Gasteiger partial charge in [0.2, 0.25) is 11.8 Å². The van der Waals surface area contributed by atoms with E-state index in [4.69, 9.17) is 0 Å². The van der Waals surface area contributed by atoms with Gasteiger partial charge in [-0.3, -0.25) is 19.0 Å². The zero-order valence-electron chi connectivity index (χ0n) is 16.2. The summed E-state index contributed by atoms with van der Waals surface area (Å²) in [5, 5.41) is 13.6. The van der Waals surface area contributed by atoms with Crippen molar-refractivity contribution < 1.29 is 14.7 Å². The molecule has 1 aromatic carbocycles. The maximum Gasteiger partial charge on any atom is 0.261 e. The minimum absolute atomic E-state index is 0.101. The highest BCUT2D eigenvalue weighted by Gasteiger charge is 2.28. The van der Waals surface area contributed by atoms with E-state index in [2.05, 4.69) is 10.3 Å². The summed E-state index contributed by atoms with van der Waals surface area (Å²) in [5.74, 6) is -0.486. The summed E-state index contributed by atoms with van der Waals surface area (Å²) in [4.78, 5) is 43.1. The highest BCUT2D eigenvalue weighted by molar-refractivity contribution is 5.79. The van der Waals surface area contributed by atoms with Crippen molar-refractivity contribution in [3.8, 4) is 0 Å². The molecule has 8 heteroatoms. The number of aromatic nitrogens is 2. The molecule has 1 aliphatic heterocycles. The second-order valence-electron chi connectivity index (χ2n) is 7.49. The number of likely N-dealkylation sites (tertiary alicyclic amines) is 1. The van der Waals surface area contributed by atoms with Gasteiger partial charge in [0.1, 0.15) is 6.54 Å². The molecule has 1 fully saturated rings. The molecule has 2 amide bonds. The maximum atomic E-state index is 12.7. The minimum Gasteiger partial charge on any atom is -0.391 e. The van der Waals surface area contributed by atoms with Crippen LogP contribution in [-0.2, 0) is 16.1 Å². The molecular formula is C20H26N4O4. The lowest BCUT2D eigenvalue weighted by molar-refractivity contribution is -0.131. The lowest BCUT2D eigenvalue weighted by atomic mass is 10.1. The Morgan fingerprint density at radius 1 is 1.25 bits per heavy atom. The van der Waals surface area contributed by atoms with Gasteiger partial charge < -0.3 is 15.3 Å². The number of para-hydroxylation sites is 1. The second kappa shape index (κ2) is 8.52. The molecule has 28 heavy (non-hydrogen) atoms. The average molecular weight is 386 g/mol. The van der Waals surface area contributed by atoms with Gasteiger partial charge >= 0.3 is 0 Å². The van der Waals surface area contributed by atoms with Gasteiger partial charge in [0.05, 0.1) is 29.4 Å². The number of carbonyl (C=O) groups is 2. The van der Waals surface area contributed by atoms with Crippen molar-refractivity contribution in [2.24, 2.45) is 5.92 Å². The number of carbonyl (C=O) groups excluding carboxylic acids is 2. The average Bonchev–Trinajstić information content (AvgIpc) is 2.86. The molecule has 150 valence electrons. The molecule has 0 radical (unpaired) electrons. The normalized spacial score (nSPS) is 20.2. The van der Waals surface area contributed by atoms with Crippen LogP contribution < -0.4 is 10.9 Å². The summed E-state index contributed by atoms with van der Waals surface area (Å²) in [6, 6.07) is 6.64. The SMILES string of the molecule is CC(C)C(=O)N[C@H]1CCN(C(=O)Cn2cnc3ccccc3c2=O)CC[C@@H]1O. The van der Waals surface area contributed by atoms with E-state index >= 15 is 0 Å². The fourth-order valence-corrected chi connectivity index (χ4v) is 3.32. The van der Waals surface area contributed by atoms with Crippen LogP contribution in [0.2, 0.25) is 0 Å². The van der Waals surface area contributed by atoms with Crippen molar-refractivity contribution >= 4 is 22.7 Å². The summed E-state index contributed by atoms with van der Waals surface area (Å²) >= 11 is 0. The van der Waals surface area contributed by atoms with Crippen molar-refractivity contribution in [2.75, 3.05) is 13.1 Å². The number of fused-ring (bicyclic) bond motifs is 1. The Bertz CT molecular complexity index is 924. The van der Waals surface area contributed by atoms with Gasteiger partial charge in [-0.25, -0.2) is 4.98 Å². The van der Waals surface area contributed by atoms with E-state index < -0.39 is 6.10 Å². The van der Waals surface area contributed by atoms with Gasteiger partial charge in [0.15, 0.2) is 0 Å². The van der Waals surface area contributed by atoms with E-state index in [0.717, 1.165) is 0 Å². The first-order valence-corrected chi connectivity index (χ1v) is 9.57. The van der Waals surface area contributed by atoms with E-state index in [-0.39, 0.29) is 35.9 Å². The standard InChI is InChI=1S/C20H26N4O4/c1-13(2)19(27)22-16-7-9-23(10-8-17(16)25)18(26)11-24-12-21-15-6-4-3-5-14(15)20(24)28/h3-6,12-13,16-17,25H,7-11H2,1-2H3,(H,22,27)/t16-,17-/m0/s1. The third-order valence-electron chi connectivity index (χ3n) is 5.11. The molecule has 0 aliphatic carbocycles. The minimum atomic E-state index is -0.703. The van der Waals surface area contributed by atoms with Crippen molar-refractivity contribution in [3.63, 3.8) is 0 Å². The molecule has 0 spiro atoms. The van der Waals surface area contributed by atoms with Gasteiger partial charge in [-0.05, 0) is 25.0 Å². The second-order valence-corrected chi connectivity index (χ2v) is 7.49. The lowest BCUT2D eigenvalue weighted by Gasteiger charge is -2.22. The number of hydrogen-bond donors (Lipinski definition) is 2. The van der Waals surface area contributed by atoms with E-state index in [1.807, 2.05) is 0 Å². The van der Waals surface area contributed by atoms with Crippen LogP contribution in [0.15, 0.2) is 35.4 Å². The predicted molar refractivity (Wildman–Crippen MR) is 105 cm³/mol. The zero-order valence-corrected chi connectivity index (χ0v) is 16.2. The Morgan fingerprint density at radius 2 is 1.96 bits per heavy atom. The number of rotatable bonds is 4. The summed E-state index contributed by atoms with van der Waals surface area (Å²) in [7, 11) is 0. The number of amides is 2. The van der Waals surface area contributed by atoms with Gasteiger partial charge in [-0.15, -0.1) is 0 Å². The molecule has 0 bridgehead atoms. The Kier molecular flexibility index (Phi) is 6.08. The summed E-state index contributed by atoms with van der Waals surface area (Å²) < 4.78 is 1.31. The van der Waals surface area contributed by atoms with E-state index in [0.29, 0.717) is 36.8 Å². The Balaban J connectivity index is 1.68. The summed E-state index contributed by atoms with van der Waals surface area (Å²) in [5.41, 5.74) is 0.341. The van der Waals surface area contributed by atoms with E-state index in [1.54, 1.807) is 43.0 Å². The first kappa shape index (κ1) is 20.0. The predicted octanol–water partition coefficient (Wildman–Crippen LogP) is 0.521. The van der Waals surface area contributed by atoms with Gasteiger partial charge in [-0.2, -0.15) is 0 Å². The summed E-state index contributed by atoms with van der Waals surface area (Å²) in [6.45, 7) is 4.28. The first-order valence-electron chi connectivity index (χ1n) is 9.57. The lowest BCUT2D eigenvalue weighted by Crippen LogP contribution is -2.45. The topological polar surface area (TPSA) is 105 Å². The number of nitrogens with one attached hydrogen (secondary N) is 1. The Morgan fingerprint density at radius 3 is 2.71 bits per heavy atom. The fraction of sp³-hybridized carbons (Fsp3) is 0.500. The number of aliphatic hydroxyl groups is 1. The van der Waals surface area contributed by atoms with Crippen LogP contribution in [-0.4, -0.2) is 56.6 Å². The molecule has 0 unspecified atom stereocenters. The van der Waals surface area contributed by atoms with E-state index in [9.17, 15) is 19.5 Å². The monoisotopic (exact) mass is 386 g/mol. The molecule has 8 nitrogen and oxygen atoms in total. The largest absolute Gasteiger partial charge is 0.391 e. The quantitative estimate of drug-likeness (QED) is 0.797. The molecule has 2 heterocycles. The zero-order chi connectivity index (χ0) is 20.3.